The first kappa shape index (κ1) is 16.1. The van der Waals surface area contributed by atoms with Gasteiger partial charge < -0.3 is 10.2 Å². The summed E-state index contributed by atoms with van der Waals surface area (Å²) in [5.74, 6) is 0. The molecule has 88 valence electrons. The van der Waals surface area contributed by atoms with Crippen molar-refractivity contribution in [2.45, 2.75) is 13.2 Å². The summed E-state index contributed by atoms with van der Waals surface area (Å²) < 4.78 is 0. The first-order chi connectivity index (χ1) is 7.86. The molecule has 3 heteroatoms. The Morgan fingerprint density at radius 2 is 0.882 bits per heavy atom. The van der Waals surface area contributed by atoms with E-state index in [-0.39, 0.29) is 34.9 Å². The molecule has 0 amide bonds. The average molecular weight is 264 g/mol. The van der Waals surface area contributed by atoms with E-state index in [1.165, 1.54) is 0 Å². The van der Waals surface area contributed by atoms with Gasteiger partial charge in [-0.15, -0.1) is 0 Å². The van der Waals surface area contributed by atoms with Crippen molar-refractivity contribution in [2.75, 3.05) is 0 Å². The Bertz CT molecular complexity index is 336. The summed E-state index contributed by atoms with van der Waals surface area (Å²) >= 11 is 0. The monoisotopic (exact) mass is 264 g/mol. The van der Waals surface area contributed by atoms with Crippen molar-refractivity contribution in [3.63, 3.8) is 0 Å². The number of hydrogen-bond donors (Lipinski definition) is 2. The second-order valence-corrected chi connectivity index (χ2v) is 3.29. The van der Waals surface area contributed by atoms with Crippen molar-refractivity contribution >= 4 is 0 Å². The Kier molecular flexibility index (Phi) is 9.68. The van der Waals surface area contributed by atoms with Gasteiger partial charge in [0.05, 0.1) is 13.2 Å². The second-order valence-electron chi connectivity index (χ2n) is 3.29. The Morgan fingerprint density at radius 1 is 0.588 bits per heavy atom. The fraction of sp³-hybridized carbons (Fsp3) is 0.143. The maximum Gasteiger partial charge on any atom is 0.0681 e. The van der Waals surface area contributed by atoms with E-state index in [0.717, 1.165) is 11.1 Å². The van der Waals surface area contributed by atoms with Crippen LogP contribution in [-0.2, 0) is 34.9 Å². The topological polar surface area (TPSA) is 40.5 Å². The van der Waals surface area contributed by atoms with Gasteiger partial charge in [0.2, 0.25) is 0 Å². The molecule has 0 saturated carbocycles. The van der Waals surface area contributed by atoms with Gasteiger partial charge in [-0.05, 0) is 11.1 Å². The predicted octanol–water partition coefficient (Wildman–Crippen LogP) is 2.36. The number of hydrogen-bond acceptors (Lipinski definition) is 2. The molecule has 2 N–H and O–H groups in total. The molecule has 2 aromatic carbocycles. The minimum absolute atomic E-state index is 0. The Hall–Kier alpha value is -0.926. The summed E-state index contributed by atoms with van der Waals surface area (Å²) in [7, 11) is 0. The van der Waals surface area contributed by atoms with Crippen molar-refractivity contribution in [3.05, 3.63) is 71.8 Å². The van der Waals surface area contributed by atoms with Crippen LogP contribution in [0.15, 0.2) is 60.7 Å². The van der Waals surface area contributed by atoms with Gasteiger partial charge in [-0.1, -0.05) is 60.7 Å². The summed E-state index contributed by atoms with van der Waals surface area (Å²) in [6, 6.07) is 19.0. The maximum atomic E-state index is 8.54. The first-order valence-corrected chi connectivity index (χ1v) is 5.16. The van der Waals surface area contributed by atoms with E-state index in [0.29, 0.717) is 0 Å². The van der Waals surface area contributed by atoms with E-state index in [1.54, 1.807) is 0 Å². The number of benzene rings is 2. The third kappa shape index (κ3) is 7.08. The Morgan fingerprint density at radius 3 is 1.06 bits per heavy atom. The molecule has 0 aliphatic heterocycles. The quantitative estimate of drug-likeness (QED) is 0.817. The van der Waals surface area contributed by atoms with Gasteiger partial charge in [-0.2, -0.15) is 0 Å². The smallest absolute Gasteiger partial charge is 0.0681 e. The van der Waals surface area contributed by atoms with Crippen LogP contribution in [0.4, 0.5) is 0 Å². The van der Waals surface area contributed by atoms with Crippen LogP contribution in [0.2, 0.25) is 0 Å². The Balaban J connectivity index is 0.000000284. The van der Waals surface area contributed by atoms with Gasteiger partial charge >= 0.3 is 0 Å². The zero-order valence-electron chi connectivity index (χ0n) is 9.58. The molecule has 0 radical (unpaired) electrons. The van der Waals surface area contributed by atoms with E-state index < -0.39 is 0 Å². The van der Waals surface area contributed by atoms with Crippen LogP contribution >= 0.6 is 0 Å². The van der Waals surface area contributed by atoms with Crippen molar-refractivity contribution in [1.29, 1.82) is 0 Å². The fourth-order valence-electron chi connectivity index (χ4n) is 1.17. The van der Waals surface area contributed by atoms with E-state index >= 15 is 0 Å². The van der Waals surface area contributed by atoms with Gasteiger partial charge in [-0.25, -0.2) is 0 Å². The molecule has 2 rings (SSSR count). The molecule has 0 unspecified atom stereocenters. The zero-order chi connectivity index (χ0) is 11.6. The van der Waals surface area contributed by atoms with Gasteiger partial charge in [0, 0.05) is 21.7 Å². The van der Waals surface area contributed by atoms with Crippen LogP contribution in [0.25, 0.3) is 0 Å². The second kappa shape index (κ2) is 10.2. The van der Waals surface area contributed by atoms with Gasteiger partial charge in [0.15, 0.2) is 0 Å². The normalized spacial score (nSPS) is 8.59. The minimum atomic E-state index is 0. The summed E-state index contributed by atoms with van der Waals surface area (Å²) in [5.41, 5.74) is 1.93. The largest absolute Gasteiger partial charge is 0.392 e. The molecule has 2 aromatic rings. The zero-order valence-corrected chi connectivity index (χ0v) is 11.1. The Labute approximate surface area is 117 Å². The first-order valence-electron chi connectivity index (χ1n) is 5.16. The number of aliphatic hydroxyl groups excluding tert-OH is 2. The molecule has 0 aliphatic carbocycles. The van der Waals surface area contributed by atoms with Crippen molar-refractivity contribution in [1.82, 2.24) is 0 Å². The fourth-order valence-corrected chi connectivity index (χ4v) is 1.17. The molecule has 0 aromatic heterocycles. The molecule has 0 spiro atoms. The molecule has 0 aliphatic rings. The molecule has 0 heterocycles. The molecule has 2 nitrogen and oxygen atoms in total. The minimum Gasteiger partial charge on any atom is -0.392 e. The van der Waals surface area contributed by atoms with E-state index in [4.69, 9.17) is 10.2 Å². The van der Waals surface area contributed by atoms with Crippen LogP contribution in [0.1, 0.15) is 11.1 Å². The van der Waals surface area contributed by atoms with E-state index in [9.17, 15) is 0 Å². The van der Waals surface area contributed by atoms with Crippen molar-refractivity contribution < 1.29 is 31.9 Å². The van der Waals surface area contributed by atoms with Crippen molar-refractivity contribution in [2.24, 2.45) is 0 Å². The summed E-state index contributed by atoms with van der Waals surface area (Å²) in [5, 5.41) is 17.1. The van der Waals surface area contributed by atoms with Gasteiger partial charge in [0.25, 0.3) is 0 Å². The molecule has 0 atom stereocenters. The van der Waals surface area contributed by atoms with Crippen LogP contribution in [0.3, 0.4) is 0 Å². The SMILES string of the molecule is OCc1ccccc1.OCc1ccccc1.[Ti]. The van der Waals surface area contributed by atoms with Crippen LogP contribution in [-0.4, -0.2) is 10.2 Å². The van der Waals surface area contributed by atoms with Crippen LogP contribution < -0.4 is 0 Å². The number of aliphatic hydroxyl groups is 2. The number of rotatable bonds is 2. The summed E-state index contributed by atoms with van der Waals surface area (Å²) in [4.78, 5) is 0. The molecule has 0 fully saturated rings. The predicted molar refractivity (Wildman–Crippen MR) is 64.7 cm³/mol. The maximum absolute atomic E-state index is 8.54. The van der Waals surface area contributed by atoms with E-state index in [1.807, 2.05) is 60.7 Å². The molecular weight excluding hydrogens is 248 g/mol. The van der Waals surface area contributed by atoms with Crippen LogP contribution in [0, 0.1) is 0 Å². The third-order valence-corrected chi connectivity index (χ3v) is 2.05. The van der Waals surface area contributed by atoms with E-state index in [2.05, 4.69) is 0 Å². The molecule has 17 heavy (non-hydrogen) atoms. The van der Waals surface area contributed by atoms with Gasteiger partial charge in [-0.3, -0.25) is 0 Å². The standard InChI is InChI=1S/2C7H8O.Ti/c2*8-6-7-4-2-1-3-5-7;/h2*1-5,8H,6H2;. The molecule has 0 saturated heterocycles. The summed E-state index contributed by atoms with van der Waals surface area (Å²) in [6.45, 7) is 0.279. The average Bonchev–Trinajstić information content (AvgIpc) is 2.41. The van der Waals surface area contributed by atoms with Gasteiger partial charge in [0.1, 0.15) is 0 Å². The van der Waals surface area contributed by atoms with Crippen LogP contribution in [0.5, 0.6) is 0 Å². The molecular formula is C14H16O2Ti. The third-order valence-electron chi connectivity index (χ3n) is 2.05. The summed E-state index contributed by atoms with van der Waals surface area (Å²) in [6.07, 6.45) is 0. The molecule has 0 bridgehead atoms. The van der Waals surface area contributed by atoms with Crippen molar-refractivity contribution in [3.8, 4) is 0 Å².